The molecule has 2 aliphatic heterocycles. The van der Waals surface area contributed by atoms with Crippen molar-refractivity contribution in [1.82, 2.24) is 20.8 Å². The number of fused-ring (bicyclic) bond motifs is 1. The summed E-state index contributed by atoms with van der Waals surface area (Å²) in [7, 11) is 0. The number of carbonyl (C=O) groups excluding carboxylic acids is 6. The number of nitroso groups, excluding NO2 is 1. The Morgan fingerprint density at radius 2 is 1.74 bits per heavy atom. The van der Waals surface area contributed by atoms with Gasteiger partial charge in [-0.2, -0.15) is 0 Å². The van der Waals surface area contributed by atoms with Crippen molar-refractivity contribution in [2.45, 2.75) is 77.5 Å². The summed E-state index contributed by atoms with van der Waals surface area (Å²) in [5.74, 6) is -3.61. The molecule has 0 unspecified atom stereocenters. The Kier molecular flexibility index (Phi) is 9.28. The topological polar surface area (TPSA) is 190 Å². The highest BCUT2D eigenvalue weighted by Crippen LogP contribution is 2.30. The summed E-state index contributed by atoms with van der Waals surface area (Å²) >= 11 is 0. The third kappa shape index (κ3) is 6.19. The van der Waals surface area contributed by atoms with Crippen molar-refractivity contribution in [2.24, 2.45) is 11.7 Å². The van der Waals surface area contributed by atoms with Crippen LogP contribution in [0.1, 0.15) is 74.1 Å². The molecule has 0 spiro atoms. The summed E-state index contributed by atoms with van der Waals surface area (Å²) in [4.78, 5) is 90.0. The number of anilines is 1. The average Bonchev–Trinajstić information content (AvgIpc) is 3.35. The Labute approximate surface area is 225 Å². The lowest BCUT2D eigenvalue weighted by atomic mass is 9.89. The van der Waals surface area contributed by atoms with Gasteiger partial charge in [0.25, 0.3) is 5.91 Å². The van der Waals surface area contributed by atoms with Crippen LogP contribution in [0.2, 0.25) is 0 Å². The number of nitrogens with two attached hydrogens (primary N) is 1. The van der Waals surface area contributed by atoms with E-state index in [1.165, 1.54) is 36.9 Å². The first-order valence-corrected chi connectivity index (χ1v) is 12.9. The van der Waals surface area contributed by atoms with Gasteiger partial charge in [-0.05, 0) is 38.7 Å². The molecule has 39 heavy (non-hydrogen) atoms. The van der Waals surface area contributed by atoms with Crippen LogP contribution >= 0.6 is 0 Å². The van der Waals surface area contributed by atoms with Gasteiger partial charge >= 0.3 is 5.29 Å². The lowest BCUT2D eigenvalue weighted by Crippen LogP contribution is -2.56. The van der Waals surface area contributed by atoms with Gasteiger partial charge in [0.15, 0.2) is 11.6 Å². The summed E-state index contributed by atoms with van der Waals surface area (Å²) in [5.41, 5.74) is 5.36. The number of rotatable bonds is 9. The first-order chi connectivity index (χ1) is 18.4. The van der Waals surface area contributed by atoms with Crippen molar-refractivity contribution in [3.05, 3.63) is 34.2 Å². The minimum atomic E-state index is -1.07. The normalized spacial score (nSPS) is 19.6. The van der Waals surface area contributed by atoms with Crippen LogP contribution in [0.15, 0.2) is 18.2 Å². The lowest BCUT2D eigenvalue weighted by Gasteiger charge is -2.30. The summed E-state index contributed by atoms with van der Waals surface area (Å²) < 4.78 is 0. The van der Waals surface area contributed by atoms with Gasteiger partial charge in [-0.3, -0.25) is 28.8 Å². The largest absolute Gasteiger partial charge is 0.494 e. The zero-order valence-electron chi connectivity index (χ0n) is 22.4. The first-order valence-electron chi connectivity index (χ1n) is 12.9. The van der Waals surface area contributed by atoms with Crippen molar-refractivity contribution < 1.29 is 28.8 Å². The predicted molar refractivity (Wildman–Crippen MR) is 140 cm³/mol. The molecule has 1 aromatic rings. The molecule has 3 rings (SSSR count). The second kappa shape index (κ2) is 12.2. The fourth-order valence-corrected chi connectivity index (χ4v) is 4.80. The molecule has 0 aliphatic carbocycles. The Bertz CT molecular complexity index is 1200. The molecule has 4 atom stereocenters. The number of nitrogens with one attached hydrogen (secondary N) is 2. The van der Waals surface area contributed by atoms with E-state index in [4.69, 9.17) is 5.73 Å². The van der Waals surface area contributed by atoms with E-state index in [9.17, 15) is 33.7 Å². The number of Topliss-reactive ketones (excluding diaryl/α,β-unsaturated/α-hetero) is 2. The first kappa shape index (κ1) is 29.6. The minimum absolute atomic E-state index is 0.0357. The van der Waals surface area contributed by atoms with Crippen molar-refractivity contribution in [2.75, 3.05) is 11.6 Å². The number of carbonyl (C=O) groups is 6. The zero-order valence-corrected chi connectivity index (χ0v) is 22.4. The van der Waals surface area contributed by atoms with Gasteiger partial charge in [0.05, 0.1) is 17.6 Å². The maximum atomic E-state index is 13.7. The molecular weight excluding hydrogens is 508 g/mol. The van der Waals surface area contributed by atoms with Crippen molar-refractivity contribution in [3.63, 3.8) is 0 Å². The number of ketones is 2. The van der Waals surface area contributed by atoms with Gasteiger partial charge in [-0.1, -0.05) is 26.0 Å². The van der Waals surface area contributed by atoms with Crippen LogP contribution in [0.25, 0.3) is 0 Å². The maximum Gasteiger partial charge on any atom is 0.494 e. The number of likely N-dealkylation sites (tertiary alicyclic amines) is 1. The third-order valence-electron chi connectivity index (χ3n) is 6.93. The van der Waals surface area contributed by atoms with Crippen molar-refractivity contribution >= 4 is 40.9 Å². The monoisotopic (exact) mass is 542 g/mol. The molecule has 1 fully saturated rings. The molecule has 13 nitrogen and oxygen atoms in total. The molecule has 0 bridgehead atoms. The second-order valence-electron chi connectivity index (χ2n) is 10.2. The second-order valence-corrected chi connectivity index (χ2v) is 10.2. The molecule has 0 aromatic heterocycles. The zero-order chi connectivity index (χ0) is 29.0. The highest BCUT2D eigenvalue weighted by atomic mass is 16.3. The van der Waals surface area contributed by atoms with E-state index >= 15 is 0 Å². The molecule has 2 heterocycles. The van der Waals surface area contributed by atoms with Gasteiger partial charge in [0.2, 0.25) is 17.7 Å². The molecule has 4 N–H and O–H groups in total. The van der Waals surface area contributed by atoms with Gasteiger partial charge in [0.1, 0.15) is 22.7 Å². The Morgan fingerprint density at radius 1 is 1.05 bits per heavy atom. The number of amides is 4. The predicted octanol–water partition coefficient (Wildman–Crippen LogP) is 0.180. The average molecular weight is 543 g/mol. The number of nitrogens with zero attached hydrogens (tertiary/aromatic N) is 3. The summed E-state index contributed by atoms with van der Waals surface area (Å²) in [6.45, 7) is 6.75. The van der Waals surface area contributed by atoms with Gasteiger partial charge in [-0.25, -0.2) is 0 Å². The van der Waals surface area contributed by atoms with E-state index in [-0.39, 0.29) is 29.7 Å². The minimum Gasteiger partial charge on any atom is -0.344 e. The summed E-state index contributed by atoms with van der Waals surface area (Å²) in [6.07, 6.45) is 0.497. The number of hydrogen-bond acceptors (Lipinski definition) is 9. The van der Waals surface area contributed by atoms with Crippen LogP contribution in [-0.2, 0) is 19.2 Å². The molecule has 4 amide bonds. The van der Waals surface area contributed by atoms with E-state index in [0.29, 0.717) is 24.4 Å². The van der Waals surface area contributed by atoms with Gasteiger partial charge in [-0.15, -0.1) is 0 Å². The fraction of sp³-hybridized carbons (Fsp3) is 0.538. The van der Waals surface area contributed by atoms with Crippen LogP contribution < -0.4 is 26.7 Å². The van der Waals surface area contributed by atoms with E-state index in [1.54, 1.807) is 13.8 Å². The van der Waals surface area contributed by atoms with Gasteiger partial charge < -0.3 is 21.3 Å². The third-order valence-corrected chi connectivity index (χ3v) is 6.93. The quantitative estimate of drug-likeness (QED) is 0.368. The molecule has 13 heteroatoms. The van der Waals surface area contributed by atoms with E-state index in [2.05, 4.69) is 15.9 Å². The number of benzene rings is 1. The SMILES string of the molecule is CC(C)[C@H](NC(=O)[C@@H]1CCCN1C(=O)[C@H](C)NC(=O)[C@H](C)N)C(=O)c1cccc2c1C(=O)CCC(=O)N2[N+]=O. The molecule has 1 saturated heterocycles. The van der Waals surface area contributed by atoms with Crippen LogP contribution in [-0.4, -0.2) is 70.8 Å². The highest BCUT2D eigenvalue weighted by molar-refractivity contribution is 6.17. The molecule has 209 valence electrons. The molecule has 0 saturated carbocycles. The Hall–Kier alpha value is -4.00. The van der Waals surface area contributed by atoms with Crippen LogP contribution in [0.3, 0.4) is 0 Å². The van der Waals surface area contributed by atoms with Crippen LogP contribution in [0.4, 0.5) is 5.69 Å². The highest BCUT2D eigenvalue weighted by Gasteiger charge is 2.41. The van der Waals surface area contributed by atoms with Crippen molar-refractivity contribution in [3.8, 4) is 0 Å². The summed E-state index contributed by atoms with van der Waals surface area (Å²) in [6, 6.07) is 0.582. The van der Waals surface area contributed by atoms with E-state index in [1.807, 2.05) is 0 Å². The lowest BCUT2D eigenvalue weighted by molar-refractivity contribution is -0.141. The van der Waals surface area contributed by atoms with Gasteiger partial charge in [0, 0.05) is 30.0 Å². The van der Waals surface area contributed by atoms with E-state index in [0.717, 1.165) is 0 Å². The Morgan fingerprint density at radius 3 is 2.36 bits per heavy atom. The van der Waals surface area contributed by atoms with Crippen molar-refractivity contribution in [1.29, 1.82) is 0 Å². The summed E-state index contributed by atoms with van der Waals surface area (Å²) in [5, 5.41) is 8.60. The fourth-order valence-electron chi connectivity index (χ4n) is 4.80. The number of hydrogen-bond donors (Lipinski definition) is 3. The van der Waals surface area contributed by atoms with E-state index < -0.39 is 65.3 Å². The molecular formula is C26H34N6O7+. The molecule has 1 aromatic carbocycles. The molecule has 2 aliphatic rings. The van der Waals surface area contributed by atoms with Crippen LogP contribution in [0.5, 0.6) is 0 Å². The standard InChI is InChI=1S/C26H34N6O7/c1-13(2)22(23(35)16-7-5-8-17-21(16)19(33)10-11-20(34)32(17)30-39)29-25(37)18-9-6-12-31(18)26(38)15(4)28-24(36)14(3)27/h5,7-8,13-15,18,22H,6,9-12,27H2,1-4H3,(H,28,36)(H,29,37)/q+1/t14-,15-,18-,22-/m0/s1. The van der Waals surface area contributed by atoms with Crippen LogP contribution in [0, 0.1) is 10.8 Å². The smallest absolute Gasteiger partial charge is 0.344 e. The maximum absolute atomic E-state index is 13.7. The molecule has 1 radical (unpaired) electrons. The Balaban J connectivity index is 1.85.